The number of piperazine rings is 1. The highest BCUT2D eigenvalue weighted by Gasteiger charge is 2.18. The quantitative estimate of drug-likeness (QED) is 0.242. The van der Waals surface area contributed by atoms with Gasteiger partial charge in [-0.2, -0.15) is 0 Å². The molecular formula is C28H38N8O3. The molecule has 2 aromatic heterocycles. The van der Waals surface area contributed by atoms with Crippen LogP contribution in [-0.2, 0) is 11.3 Å². The SMILES string of the molecule is CNCCN(CCCO)c1ncc(-c2ccnc(Nc3cccc(CN4CCN(CC(=O)O)CC4)c3)c2)cn1. The second-order valence-electron chi connectivity index (χ2n) is 9.64. The molecule has 0 radical (unpaired) electrons. The first-order chi connectivity index (χ1) is 19.0. The predicted molar refractivity (Wildman–Crippen MR) is 152 cm³/mol. The van der Waals surface area contributed by atoms with Gasteiger partial charge in [0.25, 0.3) is 0 Å². The molecule has 0 atom stereocenters. The average Bonchev–Trinajstić information content (AvgIpc) is 2.94. The zero-order valence-electron chi connectivity index (χ0n) is 22.5. The standard InChI is InChI=1S/C28H38N8O3/c1-29-8-10-36(9-3-15-37)28-31-18-24(19-32-28)23-6-7-30-26(17-23)33-25-5-2-4-22(16-25)20-34-11-13-35(14-12-34)21-27(38)39/h2,4-7,16-19,29,37H,3,8-15,20-21H2,1H3,(H,30,33)(H,38,39). The van der Waals surface area contributed by atoms with Gasteiger partial charge in [0.15, 0.2) is 0 Å². The molecule has 1 saturated heterocycles. The molecule has 1 fully saturated rings. The molecule has 4 N–H and O–H groups in total. The van der Waals surface area contributed by atoms with Crippen molar-refractivity contribution in [1.29, 1.82) is 0 Å². The Morgan fingerprint density at radius 2 is 1.77 bits per heavy atom. The number of hydrogen-bond acceptors (Lipinski definition) is 10. The maximum absolute atomic E-state index is 10.9. The van der Waals surface area contributed by atoms with Gasteiger partial charge in [0.05, 0.1) is 6.54 Å². The van der Waals surface area contributed by atoms with Crippen molar-refractivity contribution in [3.63, 3.8) is 0 Å². The molecule has 0 saturated carbocycles. The van der Waals surface area contributed by atoms with Crippen LogP contribution in [0.15, 0.2) is 55.0 Å². The van der Waals surface area contributed by atoms with E-state index in [0.717, 1.165) is 68.4 Å². The number of rotatable bonds is 14. The topological polar surface area (TPSA) is 130 Å². The highest BCUT2D eigenvalue weighted by molar-refractivity contribution is 5.69. The van der Waals surface area contributed by atoms with Gasteiger partial charge in [-0.15, -0.1) is 0 Å². The van der Waals surface area contributed by atoms with E-state index in [1.165, 1.54) is 5.56 Å². The molecule has 11 nitrogen and oxygen atoms in total. The summed E-state index contributed by atoms with van der Waals surface area (Å²) in [5.74, 6) is 0.607. The van der Waals surface area contributed by atoms with Crippen molar-refractivity contribution in [3.8, 4) is 11.1 Å². The van der Waals surface area contributed by atoms with Crippen LogP contribution < -0.4 is 15.5 Å². The molecule has 11 heteroatoms. The number of carboxylic acid groups (broad SMARTS) is 1. The number of hydrogen-bond donors (Lipinski definition) is 4. The molecule has 1 aromatic carbocycles. The van der Waals surface area contributed by atoms with Crippen LogP contribution >= 0.6 is 0 Å². The van der Waals surface area contributed by atoms with Crippen LogP contribution in [0.5, 0.6) is 0 Å². The number of pyridine rings is 1. The molecular weight excluding hydrogens is 496 g/mol. The predicted octanol–water partition coefficient (Wildman–Crippen LogP) is 1.89. The lowest BCUT2D eigenvalue weighted by Gasteiger charge is -2.33. The smallest absolute Gasteiger partial charge is 0.317 e. The lowest BCUT2D eigenvalue weighted by molar-refractivity contribution is -0.138. The number of aromatic nitrogens is 3. The van der Waals surface area contributed by atoms with Crippen molar-refractivity contribution in [2.24, 2.45) is 0 Å². The monoisotopic (exact) mass is 534 g/mol. The molecule has 4 rings (SSSR count). The summed E-state index contributed by atoms with van der Waals surface area (Å²) >= 11 is 0. The van der Waals surface area contributed by atoms with E-state index in [2.05, 4.69) is 47.5 Å². The first-order valence-corrected chi connectivity index (χ1v) is 13.4. The fourth-order valence-corrected chi connectivity index (χ4v) is 4.58. The number of benzene rings is 1. The third-order valence-electron chi connectivity index (χ3n) is 6.66. The number of aliphatic hydroxyl groups excluding tert-OH is 1. The van der Waals surface area contributed by atoms with Crippen molar-refractivity contribution >= 4 is 23.4 Å². The third kappa shape index (κ3) is 8.69. The summed E-state index contributed by atoms with van der Waals surface area (Å²) in [4.78, 5) is 31.0. The normalized spacial score (nSPS) is 14.3. The van der Waals surface area contributed by atoms with Gasteiger partial charge in [-0.25, -0.2) is 15.0 Å². The van der Waals surface area contributed by atoms with E-state index in [0.29, 0.717) is 18.9 Å². The summed E-state index contributed by atoms with van der Waals surface area (Å²) < 4.78 is 0. The fourth-order valence-electron chi connectivity index (χ4n) is 4.58. The number of carbonyl (C=O) groups is 1. The van der Waals surface area contributed by atoms with E-state index in [9.17, 15) is 9.90 Å². The second kappa shape index (κ2) is 14.5. The summed E-state index contributed by atoms with van der Waals surface area (Å²) in [7, 11) is 1.91. The number of carboxylic acids is 1. The minimum absolute atomic E-state index is 0.106. The first kappa shape index (κ1) is 28.4. The molecule has 0 spiro atoms. The molecule has 1 aliphatic rings. The molecule has 39 heavy (non-hydrogen) atoms. The van der Waals surface area contributed by atoms with Crippen molar-refractivity contribution < 1.29 is 15.0 Å². The highest BCUT2D eigenvalue weighted by Crippen LogP contribution is 2.24. The van der Waals surface area contributed by atoms with Crippen molar-refractivity contribution in [3.05, 3.63) is 60.6 Å². The highest BCUT2D eigenvalue weighted by atomic mass is 16.4. The van der Waals surface area contributed by atoms with E-state index in [1.54, 1.807) is 6.20 Å². The van der Waals surface area contributed by atoms with Gasteiger partial charge >= 0.3 is 5.97 Å². The minimum atomic E-state index is -0.773. The van der Waals surface area contributed by atoms with Gasteiger partial charge < -0.3 is 25.7 Å². The molecule has 0 bridgehead atoms. The van der Waals surface area contributed by atoms with Crippen LogP contribution in [0.2, 0.25) is 0 Å². The molecule has 0 amide bonds. The summed E-state index contributed by atoms with van der Waals surface area (Å²) in [5.41, 5.74) is 4.01. The number of nitrogens with one attached hydrogen (secondary N) is 2. The van der Waals surface area contributed by atoms with Gasteiger partial charge in [-0.1, -0.05) is 12.1 Å². The van der Waals surface area contributed by atoms with Crippen LogP contribution in [0.3, 0.4) is 0 Å². The maximum atomic E-state index is 10.9. The van der Waals surface area contributed by atoms with Gasteiger partial charge in [-0.3, -0.25) is 14.6 Å². The van der Waals surface area contributed by atoms with Gasteiger partial charge in [0, 0.05) is 88.8 Å². The van der Waals surface area contributed by atoms with E-state index in [4.69, 9.17) is 5.11 Å². The van der Waals surface area contributed by atoms with Crippen LogP contribution in [-0.4, -0.2) is 107 Å². The Morgan fingerprint density at radius 3 is 2.49 bits per heavy atom. The molecule has 0 unspecified atom stereocenters. The molecule has 3 aromatic rings. The zero-order chi connectivity index (χ0) is 27.5. The van der Waals surface area contributed by atoms with Crippen LogP contribution in [0.25, 0.3) is 11.1 Å². The van der Waals surface area contributed by atoms with E-state index in [-0.39, 0.29) is 13.2 Å². The van der Waals surface area contributed by atoms with E-state index >= 15 is 0 Å². The Hall–Kier alpha value is -3.64. The van der Waals surface area contributed by atoms with Gasteiger partial charge in [-0.05, 0) is 48.9 Å². The number of nitrogens with zero attached hydrogens (tertiary/aromatic N) is 6. The molecule has 208 valence electrons. The van der Waals surface area contributed by atoms with E-state index < -0.39 is 5.97 Å². The Bertz CT molecular complexity index is 1180. The number of aliphatic carboxylic acids is 1. The lowest BCUT2D eigenvalue weighted by atomic mass is 10.1. The summed E-state index contributed by atoms with van der Waals surface area (Å²) in [6, 6.07) is 12.2. The number of anilines is 3. The second-order valence-corrected chi connectivity index (χ2v) is 9.64. The van der Waals surface area contributed by atoms with Gasteiger partial charge in [0.2, 0.25) is 5.95 Å². The molecule has 0 aliphatic carbocycles. The van der Waals surface area contributed by atoms with Crippen molar-refractivity contribution in [2.75, 3.05) is 76.2 Å². The fraction of sp³-hybridized carbons (Fsp3) is 0.429. The van der Waals surface area contributed by atoms with E-state index in [1.807, 2.05) is 48.6 Å². The Kier molecular flexibility index (Phi) is 10.5. The average molecular weight is 535 g/mol. The Labute approximate surface area is 229 Å². The van der Waals surface area contributed by atoms with Gasteiger partial charge in [0.1, 0.15) is 5.82 Å². The van der Waals surface area contributed by atoms with Crippen molar-refractivity contribution in [1.82, 2.24) is 30.1 Å². The lowest BCUT2D eigenvalue weighted by Crippen LogP contribution is -2.47. The number of aliphatic hydroxyl groups is 1. The Morgan fingerprint density at radius 1 is 1.00 bits per heavy atom. The molecule has 1 aliphatic heterocycles. The van der Waals surface area contributed by atoms with Crippen LogP contribution in [0.1, 0.15) is 12.0 Å². The molecule has 3 heterocycles. The summed E-state index contributed by atoms with van der Waals surface area (Å²) in [6.07, 6.45) is 6.08. The minimum Gasteiger partial charge on any atom is -0.480 e. The Balaban J connectivity index is 1.37. The van der Waals surface area contributed by atoms with Crippen molar-refractivity contribution in [2.45, 2.75) is 13.0 Å². The largest absolute Gasteiger partial charge is 0.480 e. The maximum Gasteiger partial charge on any atom is 0.317 e. The van der Waals surface area contributed by atoms with Crippen LogP contribution in [0, 0.1) is 0 Å². The zero-order valence-corrected chi connectivity index (χ0v) is 22.5. The number of likely N-dealkylation sites (N-methyl/N-ethyl adjacent to an activating group) is 1. The summed E-state index contributed by atoms with van der Waals surface area (Å²) in [5, 5.41) is 24.8. The summed E-state index contributed by atoms with van der Waals surface area (Å²) in [6.45, 7) is 6.56. The van der Waals surface area contributed by atoms with Crippen LogP contribution in [0.4, 0.5) is 17.5 Å². The first-order valence-electron chi connectivity index (χ1n) is 13.4. The third-order valence-corrected chi connectivity index (χ3v) is 6.66.